The highest BCUT2D eigenvalue weighted by atomic mass is 32.2. The van der Waals surface area contributed by atoms with E-state index < -0.39 is 5.82 Å². The topological polar surface area (TPSA) is 88.8 Å². The number of benzene rings is 2. The van der Waals surface area contributed by atoms with Crippen molar-refractivity contribution in [3.05, 3.63) is 78.4 Å². The summed E-state index contributed by atoms with van der Waals surface area (Å²) in [6.07, 6.45) is 3.44. The van der Waals surface area contributed by atoms with Gasteiger partial charge in [-0.2, -0.15) is 0 Å². The Hall–Kier alpha value is -3.98. The van der Waals surface area contributed by atoms with Crippen molar-refractivity contribution < 1.29 is 9.50 Å². The van der Waals surface area contributed by atoms with Crippen LogP contribution in [0.1, 0.15) is 18.5 Å². The van der Waals surface area contributed by atoms with Crippen molar-refractivity contribution in [3.8, 4) is 28.3 Å². The van der Waals surface area contributed by atoms with Crippen LogP contribution in [0.2, 0.25) is 0 Å². The smallest absolute Gasteiger partial charge is 0.170 e. The van der Waals surface area contributed by atoms with E-state index in [0.29, 0.717) is 35.7 Å². The molecule has 180 valence electrons. The van der Waals surface area contributed by atoms with Crippen LogP contribution in [0.4, 0.5) is 10.2 Å². The Balaban J connectivity index is 1.31. The third kappa shape index (κ3) is 4.15. The molecule has 1 aliphatic heterocycles. The standard InChI is InChI=1S/C27H23FN6OS/c1-16-15-36-27-31-23-25(32-24(33-26(23)34(16)27)19-12-20(28)14-29-13-19)30-10-9-17-7-8-22(35)21(11-17)18-5-3-2-4-6-18/h2-8,11-14,16,35H,9-10,15H2,1H3,(H,30,32,33)/t16-/m1/s1. The Bertz CT molecular complexity index is 1570. The highest BCUT2D eigenvalue weighted by Gasteiger charge is 2.26. The van der Waals surface area contributed by atoms with Gasteiger partial charge < -0.3 is 10.4 Å². The van der Waals surface area contributed by atoms with Gasteiger partial charge in [-0.15, -0.1) is 0 Å². The van der Waals surface area contributed by atoms with E-state index in [1.807, 2.05) is 42.5 Å². The van der Waals surface area contributed by atoms with Gasteiger partial charge in [-0.05, 0) is 42.7 Å². The van der Waals surface area contributed by atoms with Crippen molar-refractivity contribution in [2.45, 2.75) is 24.5 Å². The van der Waals surface area contributed by atoms with Crippen molar-refractivity contribution in [2.24, 2.45) is 0 Å². The lowest BCUT2D eigenvalue weighted by atomic mass is 10.0. The first-order chi connectivity index (χ1) is 17.6. The second-order valence-electron chi connectivity index (χ2n) is 8.78. The van der Waals surface area contributed by atoms with Crippen LogP contribution in [-0.2, 0) is 6.42 Å². The fourth-order valence-electron chi connectivity index (χ4n) is 4.42. The number of phenols is 1. The zero-order valence-corrected chi connectivity index (χ0v) is 20.3. The summed E-state index contributed by atoms with van der Waals surface area (Å²) in [5, 5.41) is 14.7. The van der Waals surface area contributed by atoms with E-state index in [9.17, 15) is 9.50 Å². The predicted molar refractivity (Wildman–Crippen MR) is 140 cm³/mol. The zero-order chi connectivity index (χ0) is 24.6. The molecule has 0 radical (unpaired) electrons. The number of aromatic nitrogens is 5. The first-order valence-corrected chi connectivity index (χ1v) is 12.7. The maximum atomic E-state index is 13.9. The molecule has 0 spiro atoms. The number of hydrogen-bond donors (Lipinski definition) is 2. The number of thioether (sulfide) groups is 1. The minimum atomic E-state index is -0.435. The van der Waals surface area contributed by atoms with Crippen LogP contribution in [-0.4, -0.2) is 41.9 Å². The Morgan fingerprint density at radius 3 is 2.75 bits per heavy atom. The third-order valence-corrected chi connectivity index (χ3v) is 7.41. The molecule has 0 aliphatic carbocycles. The van der Waals surface area contributed by atoms with Crippen LogP contribution in [0.25, 0.3) is 33.7 Å². The quantitative estimate of drug-likeness (QED) is 0.309. The number of halogens is 1. The Morgan fingerprint density at radius 1 is 1.06 bits per heavy atom. The molecule has 0 saturated carbocycles. The largest absolute Gasteiger partial charge is 0.507 e. The van der Waals surface area contributed by atoms with Gasteiger partial charge in [0.25, 0.3) is 0 Å². The van der Waals surface area contributed by atoms with Gasteiger partial charge in [-0.1, -0.05) is 48.2 Å². The van der Waals surface area contributed by atoms with Gasteiger partial charge in [-0.25, -0.2) is 19.3 Å². The summed E-state index contributed by atoms with van der Waals surface area (Å²) in [6, 6.07) is 17.1. The number of pyridine rings is 1. The van der Waals surface area contributed by atoms with E-state index in [4.69, 9.17) is 15.0 Å². The summed E-state index contributed by atoms with van der Waals surface area (Å²) in [6.45, 7) is 2.73. The van der Waals surface area contributed by atoms with Gasteiger partial charge in [0.1, 0.15) is 11.6 Å². The monoisotopic (exact) mass is 498 g/mol. The molecule has 6 rings (SSSR count). The molecule has 0 saturated heterocycles. The zero-order valence-electron chi connectivity index (χ0n) is 19.5. The SMILES string of the molecule is C[C@@H]1CSc2nc3c(NCCc4ccc(O)c(-c5ccccc5)c4)nc(-c4cncc(F)c4)nc3n21. The molecule has 9 heteroatoms. The van der Waals surface area contributed by atoms with Crippen LogP contribution in [0, 0.1) is 5.82 Å². The van der Waals surface area contributed by atoms with Gasteiger partial charge in [0.15, 0.2) is 28.0 Å². The van der Waals surface area contributed by atoms with Gasteiger partial charge >= 0.3 is 0 Å². The number of nitrogens with zero attached hydrogens (tertiary/aromatic N) is 5. The molecular weight excluding hydrogens is 475 g/mol. The van der Waals surface area contributed by atoms with E-state index in [-0.39, 0.29) is 11.8 Å². The fraction of sp³-hybridized carbons (Fsp3) is 0.185. The van der Waals surface area contributed by atoms with Crippen molar-refractivity contribution in [1.29, 1.82) is 0 Å². The lowest BCUT2D eigenvalue weighted by molar-refractivity contribution is 0.477. The van der Waals surface area contributed by atoms with Crippen molar-refractivity contribution >= 4 is 28.7 Å². The maximum absolute atomic E-state index is 13.9. The summed E-state index contributed by atoms with van der Waals surface area (Å²) >= 11 is 1.70. The van der Waals surface area contributed by atoms with E-state index in [0.717, 1.165) is 39.4 Å². The first-order valence-electron chi connectivity index (χ1n) is 11.7. The molecule has 0 bridgehead atoms. The normalized spacial score (nSPS) is 14.8. The molecule has 1 aliphatic rings. The average Bonchev–Trinajstić information content (AvgIpc) is 3.45. The minimum absolute atomic E-state index is 0.253. The molecule has 2 aromatic carbocycles. The number of fused-ring (bicyclic) bond motifs is 3. The predicted octanol–water partition coefficient (Wildman–Crippen LogP) is 5.72. The number of phenolic OH excluding ortho intramolecular Hbond substituents is 1. The molecule has 0 amide bonds. The number of anilines is 1. The van der Waals surface area contributed by atoms with Gasteiger partial charge in [0.2, 0.25) is 0 Å². The number of imidazole rings is 1. The minimum Gasteiger partial charge on any atom is -0.507 e. The Labute approximate surface area is 211 Å². The van der Waals surface area contributed by atoms with E-state index in [1.54, 1.807) is 24.0 Å². The van der Waals surface area contributed by atoms with Crippen LogP contribution in [0.5, 0.6) is 5.75 Å². The highest BCUT2D eigenvalue weighted by molar-refractivity contribution is 7.99. The summed E-state index contributed by atoms with van der Waals surface area (Å²) in [7, 11) is 0. The summed E-state index contributed by atoms with van der Waals surface area (Å²) in [4.78, 5) is 18.2. The van der Waals surface area contributed by atoms with Crippen LogP contribution in [0.15, 0.2) is 72.1 Å². The van der Waals surface area contributed by atoms with Gasteiger partial charge in [-0.3, -0.25) is 9.55 Å². The van der Waals surface area contributed by atoms with Crippen molar-refractivity contribution in [2.75, 3.05) is 17.6 Å². The second kappa shape index (κ2) is 9.23. The van der Waals surface area contributed by atoms with Crippen LogP contribution in [0.3, 0.4) is 0 Å². The number of rotatable bonds is 6. The number of hydrogen-bond acceptors (Lipinski definition) is 7. The lowest BCUT2D eigenvalue weighted by Gasteiger charge is -2.12. The fourth-order valence-corrected chi connectivity index (χ4v) is 5.52. The molecule has 4 heterocycles. The summed E-state index contributed by atoms with van der Waals surface area (Å²) in [5.41, 5.74) is 4.79. The molecule has 7 nitrogen and oxygen atoms in total. The average molecular weight is 499 g/mol. The van der Waals surface area contributed by atoms with E-state index in [2.05, 4.69) is 21.8 Å². The molecule has 3 aromatic heterocycles. The Kier molecular flexibility index (Phi) is 5.77. The molecule has 2 N–H and O–H groups in total. The Morgan fingerprint density at radius 2 is 1.92 bits per heavy atom. The number of nitrogens with one attached hydrogen (secondary N) is 1. The molecule has 0 unspecified atom stereocenters. The van der Waals surface area contributed by atoms with Crippen LogP contribution < -0.4 is 5.32 Å². The van der Waals surface area contributed by atoms with Crippen LogP contribution >= 0.6 is 11.8 Å². The van der Waals surface area contributed by atoms with Gasteiger partial charge in [0.05, 0.1) is 6.20 Å². The van der Waals surface area contributed by atoms with Crippen molar-refractivity contribution in [1.82, 2.24) is 24.5 Å². The van der Waals surface area contributed by atoms with E-state index >= 15 is 0 Å². The summed E-state index contributed by atoms with van der Waals surface area (Å²) < 4.78 is 16.0. The molecular formula is C27H23FN6OS. The summed E-state index contributed by atoms with van der Waals surface area (Å²) in [5.74, 6) is 1.76. The molecule has 0 fully saturated rings. The highest BCUT2D eigenvalue weighted by Crippen LogP contribution is 2.38. The molecule has 5 aromatic rings. The molecule has 1 atom stereocenters. The van der Waals surface area contributed by atoms with Crippen molar-refractivity contribution in [3.63, 3.8) is 0 Å². The first kappa shape index (κ1) is 22.5. The second-order valence-corrected chi connectivity index (χ2v) is 9.77. The van der Waals surface area contributed by atoms with E-state index in [1.165, 1.54) is 6.07 Å². The molecule has 36 heavy (non-hydrogen) atoms. The van der Waals surface area contributed by atoms with Gasteiger partial charge in [0, 0.05) is 35.7 Å². The lowest BCUT2D eigenvalue weighted by Crippen LogP contribution is -2.09. The third-order valence-electron chi connectivity index (χ3n) is 6.22. The number of aromatic hydroxyl groups is 1. The maximum Gasteiger partial charge on any atom is 0.170 e.